The molecule has 0 aliphatic heterocycles. The zero-order valence-corrected chi connectivity index (χ0v) is 14.5. The predicted molar refractivity (Wildman–Crippen MR) is 91.5 cm³/mol. The van der Waals surface area contributed by atoms with Crippen molar-refractivity contribution in [2.75, 3.05) is 12.4 Å². The summed E-state index contributed by atoms with van der Waals surface area (Å²) in [6.07, 6.45) is 0.141. The second kappa shape index (κ2) is 9.37. The number of thioether (sulfide) groups is 1. The number of esters is 1. The van der Waals surface area contributed by atoms with Crippen molar-refractivity contribution in [1.29, 1.82) is 5.41 Å². The molecule has 5 nitrogen and oxygen atoms in total. The minimum absolute atomic E-state index is 0.0691. The summed E-state index contributed by atoms with van der Waals surface area (Å²) in [4.78, 5) is 23.8. The second-order valence-corrected chi connectivity index (χ2v) is 6.24. The lowest BCUT2D eigenvalue weighted by atomic mass is 10.1. The highest BCUT2D eigenvalue weighted by Crippen LogP contribution is 2.26. The quantitative estimate of drug-likeness (QED) is 0.243. The van der Waals surface area contributed by atoms with Gasteiger partial charge in [0.15, 0.2) is 5.78 Å². The molecule has 124 valence electrons. The number of hydrogen-bond donors (Lipinski definition) is 2. The molecule has 0 saturated heterocycles. The fraction of sp³-hybridized carbons (Fsp3) is 0.312. The molecule has 1 rings (SSSR count). The number of ether oxygens (including phenoxy) is 1. The highest BCUT2D eigenvalue weighted by atomic mass is 35.5. The number of nitrogens with one attached hydrogen (secondary N) is 1. The van der Waals surface area contributed by atoms with E-state index >= 15 is 0 Å². The fourth-order valence-corrected chi connectivity index (χ4v) is 2.95. The lowest BCUT2D eigenvalue weighted by molar-refractivity contribution is -0.143. The van der Waals surface area contributed by atoms with Crippen LogP contribution in [0.4, 0.5) is 0 Å². The molecular weight excluding hydrogens is 338 g/mol. The number of carbonyl (C=O) groups excluding carboxylic acids is 2. The van der Waals surface area contributed by atoms with Crippen LogP contribution in [-0.4, -0.2) is 34.9 Å². The Morgan fingerprint density at radius 1 is 1.30 bits per heavy atom. The van der Waals surface area contributed by atoms with Gasteiger partial charge in [-0.1, -0.05) is 23.7 Å². The molecule has 0 radical (unpaired) electrons. The van der Waals surface area contributed by atoms with E-state index in [0.29, 0.717) is 10.8 Å². The Morgan fingerprint density at radius 2 is 1.96 bits per heavy atom. The van der Waals surface area contributed by atoms with Crippen LogP contribution in [0.3, 0.4) is 0 Å². The Bertz CT molecular complexity index is 627. The van der Waals surface area contributed by atoms with Crippen LogP contribution in [-0.2, 0) is 14.3 Å². The number of benzene rings is 1. The first kappa shape index (κ1) is 19.3. The summed E-state index contributed by atoms with van der Waals surface area (Å²) in [6.45, 7) is 2.21. The van der Waals surface area contributed by atoms with Crippen molar-refractivity contribution in [2.45, 2.75) is 25.2 Å². The van der Waals surface area contributed by atoms with Crippen LogP contribution in [0.25, 0.3) is 0 Å². The molecule has 0 heterocycles. The average Bonchev–Trinajstić information content (AvgIpc) is 2.46. The van der Waals surface area contributed by atoms with Crippen molar-refractivity contribution in [3.8, 4) is 0 Å². The molecule has 0 aromatic heterocycles. The fourth-order valence-electron chi connectivity index (χ4n) is 1.78. The third-order valence-corrected chi connectivity index (χ3v) is 4.30. The molecule has 23 heavy (non-hydrogen) atoms. The van der Waals surface area contributed by atoms with Gasteiger partial charge in [-0.15, -0.1) is 11.8 Å². The number of halogens is 1. The summed E-state index contributed by atoms with van der Waals surface area (Å²) < 4.78 is 4.91. The number of rotatable bonds is 8. The first-order valence-corrected chi connectivity index (χ1v) is 8.20. The molecule has 0 unspecified atom stereocenters. The van der Waals surface area contributed by atoms with Gasteiger partial charge < -0.3 is 15.3 Å². The van der Waals surface area contributed by atoms with Crippen molar-refractivity contribution in [3.05, 3.63) is 40.6 Å². The lowest BCUT2D eigenvalue weighted by Gasteiger charge is -2.08. The van der Waals surface area contributed by atoms with Crippen LogP contribution in [0.1, 0.15) is 20.3 Å². The van der Waals surface area contributed by atoms with Crippen LogP contribution >= 0.6 is 23.4 Å². The molecule has 7 heteroatoms. The van der Waals surface area contributed by atoms with E-state index in [9.17, 15) is 14.7 Å². The van der Waals surface area contributed by atoms with E-state index in [1.54, 1.807) is 6.07 Å². The molecule has 0 fully saturated rings. The number of aliphatic hydroxyl groups excluding tert-OH is 1. The van der Waals surface area contributed by atoms with Gasteiger partial charge in [0.25, 0.3) is 0 Å². The maximum Gasteiger partial charge on any atom is 0.307 e. The molecule has 0 aliphatic rings. The van der Waals surface area contributed by atoms with Crippen LogP contribution in [0.5, 0.6) is 0 Å². The molecule has 2 N–H and O–H groups in total. The van der Waals surface area contributed by atoms with E-state index in [4.69, 9.17) is 21.7 Å². The number of aliphatic hydroxyl groups is 1. The van der Waals surface area contributed by atoms with Gasteiger partial charge in [0.1, 0.15) is 12.4 Å². The largest absolute Gasteiger partial charge is 0.508 e. The van der Waals surface area contributed by atoms with Gasteiger partial charge in [0.05, 0.1) is 17.0 Å². The van der Waals surface area contributed by atoms with Crippen molar-refractivity contribution < 1.29 is 19.4 Å². The standard InChI is InChI=1S/C16H18ClNO4S/c1-10(18)16(11(2)19)13(20)9-22-15(21)7-8-23-14-6-4-3-5-12(14)17/h3-6,18,20H,7-9H2,1-2H3/b16-13+,18-10?. The molecular formula is C16H18ClNO4S. The number of carbonyl (C=O) groups is 2. The SMILES string of the molecule is CC(=N)/C(C(C)=O)=C(\O)COC(=O)CCSc1ccccc1Cl. The lowest BCUT2D eigenvalue weighted by Crippen LogP contribution is -2.15. The van der Waals surface area contributed by atoms with Crippen molar-refractivity contribution in [1.82, 2.24) is 0 Å². The number of allylic oxidation sites excluding steroid dienone is 1. The molecule has 0 aliphatic carbocycles. The first-order valence-electron chi connectivity index (χ1n) is 6.84. The van der Waals surface area contributed by atoms with E-state index in [1.165, 1.54) is 25.6 Å². The smallest absolute Gasteiger partial charge is 0.307 e. The van der Waals surface area contributed by atoms with Gasteiger partial charge in [-0.3, -0.25) is 9.59 Å². The maximum atomic E-state index is 11.6. The predicted octanol–water partition coefficient (Wildman–Crippen LogP) is 3.81. The second-order valence-electron chi connectivity index (χ2n) is 4.69. The Morgan fingerprint density at radius 3 is 2.52 bits per heavy atom. The maximum absolute atomic E-state index is 11.6. The summed E-state index contributed by atoms with van der Waals surface area (Å²) >= 11 is 7.44. The minimum Gasteiger partial charge on any atom is -0.508 e. The van der Waals surface area contributed by atoms with Gasteiger partial charge in [0, 0.05) is 16.4 Å². The number of hydrogen-bond acceptors (Lipinski definition) is 6. The van der Waals surface area contributed by atoms with Gasteiger partial charge in [-0.05, 0) is 26.0 Å². The molecule has 0 bridgehead atoms. The Balaban J connectivity index is 2.46. The zero-order valence-electron chi connectivity index (χ0n) is 12.9. The number of ketones is 1. The van der Waals surface area contributed by atoms with Gasteiger partial charge in [-0.2, -0.15) is 0 Å². The van der Waals surface area contributed by atoms with E-state index in [2.05, 4.69) is 0 Å². The normalized spacial score (nSPS) is 11.6. The monoisotopic (exact) mass is 355 g/mol. The summed E-state index contributed by atoms with van der Waals surface area (Å²) in [5.41, 5.74) is -0.191. The van der Waals surface area contributed by atoms with Crippen molar-refractivity contribution >= 4 is 40.8 Å². The third-order valence-electron chi connectivity index (χ3n) is 2.79. The Hall–Kier alpha value is -1.79. The van der Waals surface area contributed by atoms with Crippen molar-refractivity contribution in [3.63, 3.8) is 0 Å². The average molecular weight is 356 g/mol. The van der Waals surface area contributed by atoms with Crippen LogP contribution < -0.4 is 0 Å². The summed E-state index contributed by atoms with van der Waals surface area (Å²) in [7, 11) is 0. The molecule has 0 atom stereocenters. The molecule has 0 saturated carbocycles. The van der Waals surface area contributed by atoms with E-state index in [1.807, 2.05) is 18.2 Å². The van der Waals surface area contributed by atoms with E-state index < -0.39 is 24.1 Å². The summed E-state index contributed by atoms with van der Waals surface area (Å²) in [5, 5.41) is 17.8. The van der Waals surface area contributed by atoms with Crippen LogP contribution in [0, 0.1) is 5.41 Å². The first-order chi connectivity index (χ1) is 10.8. The van der Waals surface area contributed by atoms with Gasteiger partial charge >= 0.3 is 5.97 Å². The Kier molecular flexibility index (Phi) is 7.85. The van der Waals surface area contributed by atoms with E-state index in [0.717, 1.165) is 4.90 Å². The van der Waals surface area contributed by atoms with Gasteiger partial charge in [-0.25, -0.2) is 0 Å². The Labute approximate surface area is 144 Å². The topological polar surface area (TPSA) is 87.5 Å². The summed E-state index contributed by atoms with van der Waals surface area (Å²) in [6, 6.07) is 7.32. The molecule has 1 aromatic carbocycles. The highest BCUT2D eigenvalue weighted by Gasteiger charge is 2.15. The van der Waals surface area contributed by atoms with Crippen LogP contribution in [0.2, 0.25) is 5.02 Å². The minimum atomic E-state index is -0.498. The van der Waals surface area contributed by atoms with E-state index in [-0.39, 0.29) is 17.7 Å². The molecule has 0 amide bonds. The van der Waals surface area contributed by atoms with Gasteiger partial charge in [0.2, 0.25) is 0 Å². The van der Waals surface area contributed by atoms with Crippen molar-refractivity contribution in [2.24, 2.45) is 0 Å². The molecule has 0 spiro atoms. The third kappa shape index (κ3) is 6.46. The zero-order chi connectivity index (χ0) is 17.4. The summed E-state index contributed by atoms with van der Waals surface area (Å²) in [5.74, 6) is -0.866. The van der Waals surface area contributed by atoms with Crippen LogP contribution in [0.15, 0.2) is 40.5 Å². The number of Topliss-reactive ketones (excluding diaryl/α,β-unsaturated/α-hetero) is 1. The molecule has 1 aromatic rings. The highest BCUT2D eigenvalue weighted by molar-refractivity contribution is 7.99.